The van der Waals surface area contributed by atoms with Gasteiger partial charge in [-0.2, -0.15) is 0 Å². The van der Waals surface area contributed by atoms with Gasteiger partial charge in [0, 0.05) is 12.1 Å². The molecule has 1 rings (SSSR count). The topological polar surface area (TPSA) is 162 Å². The van der Waals surface area contributed by atoms with Crippen LogP contribution in [0, 0.1) is 0 Å². The number of rotatable bonds is 5. The molecule has 1 aromatic heterocycles. The largest absolute Gasteiger partial charge is 0.382 e. The van der Waals surface area contributed by atoms with Gasteiger partial charge in [-0.1, -0.05) is 11.6 Å². The minimum absolute atomic E-state index is 0.0807. The van der Waals surface area contributed by atoms with Crippen molar-refractivity contribution in [1.29, 1.82) is 0 Å². The minimum atomic E-state index is -1.22. The molecule has 0 bridgehead atoms. The molecule has 0 atom stereocenters. The summed E-state index contributed by atoms with van der Waals surface area (Å²) in [4.78, 5) is 32.0. The van der Waals surface area contributed by atoms with Crippen molar-refractivity contribution in [1.82, 2.24) is 20.6 Å². The number of nitrogens with one attached hydrogen (secondary N) is 2. The van der Waals surface area contributed by atoms with Gasteiger partial charge in [-0.3, -0.25) is 9.59 Å². The first kappa shape index (κ1) is 18.9. The molecule has 0 aliphatic heterocycles. The third-order valence-electron chi connectivity index (χ3n) is 2.82. The van der Waals surface area contributed by atoms with E-state index in [2.05, 4.69) is 20.6 Å². The van der Waals surface area contributed by atoms with Gasteiger partial charge in [0.15, 0.2) is 22.5 Å². The van der Waals surface area contributed by atoms with Crippen LogP contribution in [0.25, 0.3) is 0 Å². The van der Waals surface area contributed by atoms with E-state index in [0.29, 0.717) is 0 Å². The lowest BCUT2D eigenvalue weighted by Gasteiger charge is -2.27. The van der Waals surface area contributed by atoms with Gasteiger partial charge in [0.25, 0.3) is 5.91 Å². The van der Waals surface area contributed by atoms with Crippen molar-refractivity contribution in [2.45, 2.75) is 38.8 Å². The normalized spacial score (nSPS) is 11.9. The fourth-order valence-corrected chi connectivity index (χ4v) is 1.66. The maximum atomic E-state index is 12.3. The molecule has 0 unspecified atom stereocenters. The molecular formula is C13H22ClN7O2. The monoisotopic (exact) mass is 343 g/mol. The van der Waals surface area contributed by atoms with Crippen molar-refractivity contribution in [3.63, 3.8) is 0 Å². The molecule has 0 fully saturated rings. The molecule has 9 nitrogen and oxygen atoms in total. The van der Waals surface area contributed by atoms with E-state index in [4.69, 9.17) is 28.8 Å². The van der Waals surface area contributed by atoms with E-state index in [9.17, 15) is 9.59 Å². The van der Waals surface area contributed by atoms with Gasteiger partial charge in [0.1, 0.15) is 5.54 Å². The number of nitrogens with zero attached hydrogens (tertiary/aromatic N) is 2. The summed E-state index contributed by atoms with van der Waals surface area (Å²) in [6.07, 6.45) is 0. The van der Waals surface area contributed by atoms with Crippen LogP contribution in [0.3, 0.4) is 0 Å². The molecule has 0 radical (unpaired) electrons. The fourth-order valence-electron chi connectivity index (χ4n) is 1.54. The molecular weight excluding hydrogens is 322 g/mol. The van der Waals surface area contributed by atoms with Crippen LogP contribution in [-0.4, -0.2) is 39.4 Å². The maximum Gasteiger partial charge on any atom is 0.274 e. The van der Waals surface area contributed by atoms with Crippen LogP contribution >= 0.6 is 11.6 Å². The Morgan fingerprint density at radius 2 is 1.70 bits per heavy atom. The van der Waals surface area contributed by atoms with Crippen LogP contribution < -0.4 is 27.8 Å². The summed E-state index contributed by atoms with van der Waals surface area (Å²) in [7, 11) is 0. The Bertz CT molecular complexity index is 625. The zero-order valence-corrected chi connectivity index (χ0v) is 14.3. The Morgan fingerprint density at radius 3 is 2.22 bits per heavy atom. The minimum Gasteiger partial charge on any atom is -0.382 e. The fraction of sp³-hybridized carbons (Fsp3) is 0.538. The average Bonchev–Trinajstić information content (AvgIpc) is 2.38. The molecule has 0 spiro atoms. The molecule has 10 heteroatoms. The summed E-state index contributed by atoms with van der Waals surface area (Å²) >= 11 is 5.74. The summed E-state index contributed by atoms with van der Waals surface area (Å²) < 4.78 is 0. The van der Waals surface area contributed by atoms with Crippen molar-refractivity contribution in [3.05, 3.63) is 10.8 Å². The summed E-state index contributed by atoms with van der Waals surface area (Å²) in [6, 6.07) is 0. The van der Waals surface area contributed by atoms with Crippen molar-refractivity contribution in [3.8, 4) is 0 Å². The second-order valence-electron chi connectivity index (χ2n) is 6.38. The zero-order valence-electron chi connectivity index (χ0n) is 13.5. The molecule has 1 aromatic rings. The Morgan fingerprint density at radius 1 is 1.13 bits per heavy atom. The molecule has 2 amide bonds. The molecule has 1 heterocycles. The van der Waals surface area contributed by atoms with Gasteiger partial charge in [-0.15, -0.1) is 0 Å². The highest BCUT2D eigenvalue weighted by Gasteiger charge is 2.32. The molecule has 128 valence electrons. The number of carbonyl (C=O) groups excluding carboxylic acids is 2. The number of anilines is 2. The highest BCUT2D eigenvalue weighted by Crippen LogP contribution is 2.18. The lowest BCUT2D eigenvalue weighted by molar-refractivity contribution is -0.126. The summed E-state index contributed by atoms with van der Waals surface area (Å²) in [5, 5.41) is 5.04. The molecule has 0 saturated heterocycles. The smallest absolute Gasteiger partial charge is 0.274 e. The molecule has 8 N–H and O–H groups in total. The standard InChI is InChI=1S/C13H22ClN7O2/c1-12(2,17)5-18-11(23)13(3,4)21-10(22)6-8(15)20-9(16)7(14)19-6/h5,17H2,1-4H3,(H,18,23)(H,21,22)(H4,15,16,20). The predicted octanol–water partition coefficient (Wildman–Crippen LogP) is -0.344. The lowest BCUT2D eigenvalue weighted by atomic mass is 10.0. The Kier molecular flexibility index (Phi) is 5.39. The van der Waals surface area contributed by atoms with Crippen LogP contribution in [0.2, 0.25) is 5.15 Å². The predicted molar refractivity (Wildman–Crippen MR) is 88.7 cm³/mol. The number of nitrogens with two attached hydrogens (primary N) is 3. The number of aromatic nitrogens is 2. The third kappa shape index (κ3) is 5.22. The number of carbonyl (C=O) groups is 2. The first-order valence-corrected chi connectivity index (χ1v) is 7.19. The van der Waals surface area contributed by atoms with Crippen LogP contribution in [0.1, 0.15) is 38.2 Å². The van der Waals surface area contributed by atoms with Gasteiger partial charge < -0.3 is 27.8 Å². The first-order valence-electron chi connectivity index (χ1n) is 6.81. The SMILES string of the molecule is CC(C)(N)CNC(=O)C(C)(C)NC(=O)c1nc(Cl)c(N)nc1N. The van der Waals surface area contributed by atoms with Gasteiger partial charge in [0.05, 0.1) is 0 Å². The second kappa shape index (κ2) is 6.55. The molecule has 23 heavy (non-hydrogen) atoms. The van der Waals surface area contributed by atoms with Gasteiger partial charge in [0.2, 0.25) is 5.91 Å². The Labute approximate surface area is 139 Å². The van der Waals surface area contributed by atoms with E-state index in [1.54, 1.807) is 13.8 Å². The average molecular weight is 344 g/mol. The summed E-state index contributed by atoms with van der Waals surface area (Å²) in [5.41, 5.74) is 14.9. The van der Waals surface area contributed by atoms with Gasteiger partial charge >= 0.3 is 0 Å². The second-order valence-corrected chi connectivity index (χ2v) is 6.74. The molecule has 0 aliphatic rings. The Balaban J connectivity index is 2.86. The van der Waals surface area contributed by atoms with Crippen LogP contribution in [0.4, 0.5) is 11.6 Å². The van der Waals surface area contributed by atoms with E-state index in [1.165, 1.54) is 13.8 Å². The highest BCUT2D eigenvalue weighted by molar-refractivity contribution is 6.31. The van der Waals surface area contributed by atoms with Crippen LogP contribution in [-0.2, 0) is 4.79 Å². The van der Waals surface area contributed by atoms with E-state index in [0.717, 1.165) is 0 Å². The molecule has 0 aromatic carbocycles. The van der Waals surface area contributed by atoms with Gasteiger partial charge in [-0.05, 0) is 27.7 Å². The third-order valence-corrected chi connectivity index (χ3v) is 3.10. The molecule has 0 saturated carbocycles. The number of hydrogen-bond donors (Lipinski definition) is 5. The summed E-state index contributed by atoms with van der Waals surface area (Å²) in [6.45, 7) is 6.86. The van der Waals surface area contributed by atoms with Crippen LogP contribution in [0.15, 0.2) is 0 Å². The van der Waals surface area contributed by atoms with Crippen molar-refractivity contribution >= 4 is 35.1 Å². The molecule has 0 aliphatic carbocycles. The lowest BCUT2D eigenvalue weighted by Crippen LogP contribution is -2.57. The number of hydrogen-bond acceptors (Lipinski definition) is 7. The quantitative estimate of drug-likeness (QED) is 0.488. The number of amides is 2. The number of nitrogen functional groups attached to an aromatic ring is 2. The highest BCUT2D eigenvalue weighted by atomic mass is 35.5. The maximum absolute atomic E-state index is 12.3. The van der Waals surface area contributed by atoms with Gasteiger partial charge in [-0.25, -0.2) is 9.97 Å². The zero-order chi connectivity index (χ0) is 18.0. The Hall–Kier alpha value is -2.13. The van der Waals surface area contributed by atoms with E-state index < -0.39 is 22.9 Å². The summed E-state index contributed by atoms with van der Waals surface area (Å²) in [5.74, 6) is -1.35. The van der Waals surface area contributed by atoms with E-state index in [-0.39, 0.29) is 29.0 Å². The van der Waals surface area contributed by atoms with Crippen molar-refractivity contribution in [2.24, 2.45) is 5.73 Å². The number of halogens is 1. The van der Waals surface area contributed by atoms with Crippen molar-refractivity contribution < 1.29 is 9.59 Å². The van der Waals surface area contributed by atoms with E-state index >= 15 is 0 Å². The van der Waals surface area contributed by atoms with Crippen molar-refractivity contribution in [2.75, 3.05) is 18.0 Å². The first-order chi connectivity index (χ1) is 10.3. The van der Waals surface area contributed by atoms with E-state index in [1.807, 2.05) is 0 Å². The van der Waals surface area contributed by atoms with Crippen LogP contribution in [0.5, 0.6) is 0 Å².